The number of rotatable bonds is 5. The van der Waals surface area contributed by atoms with Gasteiger partial charge in [0.25, 0.3) is 11.8 Å². The fourth-order valence-electron chi connectivity index (χ4n) is 4.76. The highest BCUT2D eigenvalue weighted by Crippen LogP contribution is 2.33. The molecule has 39 heavy (non-hydrogen) atoms. The van der Waals surface area contributed by atoms with Crippen molar-refractivity contribution >= 4 is 51.1 Å². The lowest BCUT2D eigenvalue weighted by Gasteiger charge is -2.32. The van der Waals surface area contributed by atoms with E-state index in [4.69, 9.17) is 4.74 Å². The topological polar surface area (TPSA) is 87.7 Å². The van der Waals surface area contributed by atoms with Crippen LogP contribution in [-0.4, -0.2) is 41.8 Å². The summed E-state index contributed by atoms with van der Waals surface area (Å²) in [7, 11) is 0. The van der Waals surface area contributed by atoms with Gasteiger partial charge < -0.3 is 20.3 Å². The van der Waals surface area contributed by atoms with E-state index < -0.39 is 11.9 Å². The molecule has 1 atom stereocenters. The lowest BCUT2D eigenvalue weighted by Crippen LogP contribution is -2.38. The number of nitrogens with zero attached hydrogens (tertiary/aromatic N) is 1. The third kappa shape index (κ3) is 6.20. The van der Waals surface area contributed by atoms with E-state index in [1.165, 1.54) is 18.2 Å². The van der Waals surface area contributed by atoms with Crippen LogP contribution >= 0.6 is 15.9 Å². The zero-order chi connectivity index (χ0) is 27.5. The summed E-state index contributed by atoms with van der Waals surface area (Å²) in [4.78, 5) is 39.1. The minimum absolute atomic E-state index is 0.0711. The Labute approximate surface area is 234 Å². The van der Waals surface area contributed by atoms with Gasteiger partial charge in [-0.05, 0) is 79.8 Å². The SMILES string of the molecule is CC1Oc2ccc(C(=O)N3CCC(c4ccc(NC(=O)/C=C/c5ccc(Br)cc5F)cc4)CC3)cc2NC1=O. The van der Waals surface area contributed by atoms with Gasteiger partial charge in [-0.25, -0.2) is 4.39 Å². The highest BCUT2D eigenvalue weighted by molar-refractivity contribution is 9.10. The molecule has 200 valence electrons. The van der Waals surface area contributed by atoms with Crippen molar-refractivity contribution in [2.24, 2.45) is 0 Å². The number of ether oxygens (including phenoxy) is 1. The van der Waals surface area contributed by atoms with E-state index in [0.717, 1.165) is 18.4 Å². The Morgan fingerprint density at radius 2 is 1.82 bits per heavy atom. The van der Waals surface area contributed by atoms with Crippen LogP contribution in [0.3, 0.4) is 0 Å². The number of anilines is 2. The molecule has 0 aliphatic carbocycles. The number of halogens is 2. The molecule has 1 unspecified atom stereocenters. The van der Waals surface area contributed by atoms with Crippen LogP contribution in [0.4, 0.5) is 15.8 Å². The van der Waals surface area contributed by atoms with E-state index >= 15 is 0 Å². The zero-order valence-corrected chi connectivity index (χ0v) is 22.8. The van der Waals surface area contributed by atoms with Crippen LogP contribution in [0.25, 0.3) is 6.08 Å². The summed E-state index contributed by atoms with van der Waals surface area (Å²) in [5.74, 6) is -0.196. The largest absolute Gasteiger partial charge is 0.479 e. The summed E-state index contributed by atoms with van der Waals surface area (Å²) in [5.41, 5.74) is 3.16. The van der Waals surface area contributed by atoms with Gasteiger partial charge in [0.2, 0.25) is 5.91 Å². The number of carbonyl (C=O) groups is 3. The van der Waals surface area contributed by atoms with Crippen molar-refractivity contribution in [2.75, 3.05) is 23.7 Å². The van der Waals surface area contributed by atoms with Crippen LogP contribution in [0.5, 0.6) is 5.75 Å². The molecule has 2 heterocycles. The van der Waals surface area contributed by atoms with E-state index in [1.54, 1.807) is 37.3 Å². The Morgan fingerprint density at radius 1 is 1.08 bits per heavy atom. The van der Waals surface area contributed by atoms with Crippen molar-refractivity contribution in [3.05, 3.63) is 93.7 Å². The molecule has 0 saturated carbocycles. The van der Waals surface area contributed by atoms with Gasteiger partial charge in [-0.3, -0.25) is 14.4 Å². The molecule has 2 aliphatic rings. The molecule has 0 bridgehead atoms. The molecule has 2 N–H and O–H groups in total. The summed E-state index contributed by atoms with van der Waals surface area (Å²) in [6.07, 6.45) is 3.82. The summed E-state index contributed by atoms with van der Waals surface area (Å²) in [6, 6.07) is 17.5. The second kappa shape index (κ2) is 11.4. The molecule has 0 spiro atoms. The van der Waals surface area contributed by atoms with Crippen LogP contribution in [0, 0.1) is 5.82 Å². The predicted octanol–water partition coefficient (Wildman–Crippen LogP) is 5.98. The fourth-order valence-corrected chi connectivity index (χ4v) is 5.10. The molecule has 9 heteroatoms. The van der Waals surface area contributed by atoms with E-state index in [0.29, 0.717) is 51.7 Å². The van der Waals surface area contributed by atoms with Crippen LogP contribution in [-0.2, 0) is 9.59 Å². The van der Waals surface area contributed by atoms with Crippen molar-refractivity contribution in [1.29, 1.82) is 0 Å². The highest BCUT2D eigenvalue weighted by Gasteiger charge is 2.27. The third-order valence-electron chi connectivity index (χ3n) is 6.97. The molecule has 0 radical (unpaired) electrons. The average molecular weight is 592 g/mol. The first-order valence-electron chi connectivity index (χ1n) is 12.7. The number of piperidine rings is 1. The molecule has 3 aromatic carbocycles. The number of carbonyl (C=O) groups excluding carboxylic acids is 3. The molecular weight excluding hydrogens is 565 g/mol. The van der Waals surface area contributed by atoms with Gasteiger partial charge in [0.05, 0.1) is 5.69 Å². The first kappa shape index (κ1) is 26.6. The number of hydrogen-bond donors (Lipinski definition) is 2. The lowest BCUT2D eigenvalue weighted by atomic mass is 9.89. The van der Waals surface area contributed by atoms with Gasteiger partial charge >= 0.3 is 0 Å². The number of likely N-dealkylation sites (tertiary alicyclic amines) is 1. The Balaban J connectivity index is 1.14. The van der Waals surface area contributed by atoms with Crippen molar-refractivity contribution in [2.45, 2.75) is 31.8 Å². The highest BCUT2D eigenvalue weighted by atomic mass is 79.9. The third-order valence-corrected chi connectivity index (χ3v) is 7.46. The molecule has 2 aliphatic heterocycles. The molecule has 3 amide bonds. The standard InChI is InChI=1S/C30H27BrFN3O4/c1-18-29(37)34-26-16-22(5-10-27(26)39-18)30(38)35-14-12-20(13-15-35)19-3-8-24(9-4-19)33-28(36)11-6-21-2-7-23(31)17-25(21)32/h2-11,16-18,20H,12-15H2,1H3,(H,33,36)(H,34,37)/b11-6+. The molecule has 7 nitrogen and oxygen atoms in total. The van der Waals surface area contributed by atoms with E-state index in [9.17, 15) is 18.8 Å². The maximum absolute atomic E-state index is 13.9. The number of fused-ring (bicyclic) bond motifs is 1. The van der Waals surface area contributed by atoms with Crippen LogP contribution in [0.2, 0.25) is 0 Å². The predicted molar refractivity (Wildman–Crippen MR) is 151 cm³/mol. The number of benzene rings is 3. The normalized spacial score (nSPS) is 17.4. The Morgan fingerprint density at radius 3 is 2.54 bits per heavy atom. The summed E-state index contributed by atoms with van der Waals surface area (Å²) < 4.78 is 20.1. The van der Waals surface area contributed by atoms with Gasteiger partial charge in [0, 0.05) is 40.5 Å². The molecule has 5 rings (SSSR count). The number of hydrogen-bond acceptors (Lipinski definition) is 4. The average Bonchev–Trinajstić information content (AvgIpc) is 2.93. The van der Waals surface area contributed by atoms with Crippen LogP contribution < -0.4 is 15.4 Å². The maximum atomic E-state index is 13.9. The lowest BCUT2D eigenvalue weighted by molar-refractivity contribution is -0.122. The van der Waals surface area contributed by atoms with Gasteiger partial charge in [-0.15, -0.1) is 0 Å². The first-order chi connectivity index (χ1) is 18.8. The Hall–Kier alpha value is -3.98. The minimum atomic E-state index is -0.561. The van der Waals surface area contributed by atoms with E-state index in [2.05, 4.69) is 26.6 Å². The minimum Gasteiger partial charge on any atom is -0.479 e. The Bertz CT molecular complexity index is 1450. The fraction of sp³-hybridized carbons (Fsp3) is 0.233. The van der Waals surface area contributed by atoms with Crippen LogP contribution in [0.1, 0.15) is 47.2 Å². The van der Waals surface area contributed by atoms with Gasteiger partial charge in [0.1, 0.15) is 11.6 Å². The van der Waals surface area contributed by atoms with Crippen LogP contribution in [0.15, 0.2) is 71.2 Å². The summed E-state index contributed by atoms with van der Waals surface area (Å²) in [5, 5.41) is 5.58. The monoisotopic (exact) mass is 591 g/mol. The number of nitrogens with one attached hydrogen (secondary N) is 2. The zero-order valence-electron chi connectivity index (χ0n) is 21.2. The summed E-state index contributed by atoms with van der Waals surface area (Å²) in [6.45, 7) is 2.92. The van der Waals surface area contributed by atoms with E-state index in [-0.39, 0.29) is 17.7 Å². The van der Waals surface area contributed by atoms with Gasteiger partial charge in [0.15, 0.2) is 6.10 Å². The first-order valence-corrected chi connectivity index (χ1v) is 13.5. The van der Waals surface area contributed by atoms with E-state index in [1.807, 2.05) is 29.2 Å². The second-order valence-corrected chi connectivity index (χ2v) is 10.6. The molecule has 0 aromatic heterocycles. The maximum Gasteiger partial charge on any atom is 0.265 e. The molecule has 3 aromatic rings. The Kier molecular flexibility index (Phi) is 7.79. The van der Waals surface area contributed by atoms with Crippen molar-refractivity contribution < 1.29 is 23.5 Å². The summed E-state index contributed by atoms with van der Waals surface area (Å²) >= 11 is 3.21. The smallest absolute Gasteiger partial charge is 0.265 e. The molecule has 1 saturated heterocycles. The number of amides is 3. The second-order valence-electron chi connectivity index (χ2n) is 9.64. The molecule has 1 fully saturated rings. The molecular formula is C30H27BrFN3O4. The van der Waals surface area contributed by atoms with Gasteiger partial charge in [-0.1, -0.05) is 34.1 Å². The quantitative estimate of drug-likeness (QED) is 0.357. The van der Waals surface area contributed by atoms with Crippen molar-refractivity contribution in [1.82, 2.24) is 4.90 Å². The van der Waals surface area contributed by atoms with Crippen molar-refractivity contribution in [3.8, 4) is 5.75 Å². The van der Waals surface area contributed by atoms with Gasteiger partial charge in [-0.2, -0.15) is 0 Å². The van der Waals surface area contributed by atoms with Crippen molar-refractivity contribution in [3.63, 3.8) is 0 Å².